The van der Waals surface area contributed by atoms with Crippen LogP contribution in [0, 0.1) is 13.8 Å². The molecule has 1 unspecified atom stereocenters. The van der Waals surface area contributed by atoms with E-state index in [0.717, 1.165) is 17.9 Å². The summed E-state index contributed by atoms with van der Waals surface area (Å²) in [5.41, 5.74) is 4.71. The van der Waals surface area contributed by atoms with E-state index in [1.165, 1.54) is 11.3 Å². The van der Waals surface area contributed by atoms with Gasteiger partial charge in [-0.05, 0) is 38.9 Å². The molecule has 0 fully saturated rings. The second-order valence-electron chi connectivity index (χ2n) is 4.66. The van der Waals surface area contributed by atoms with Gasteiger partial charge in [0.2, 0.25) is 0 Å². The Morgan fingerprint density at radius 1 is 1.28 bits per heavy atom. The standard InChI is InChI=1S/C14H20N4/c1-10(9-15-4)14-11(2)17-18(12(14)3)13-5-7-16-8-6-13/h5-8,10,15H,9H2,1-4H3. The quantitative estimate of drug-likeness (QED) is 0.896. The van der Waals surface area contributed by atoms with Crippen molar-refractivity contribution < 1.29 is 0 Å². The van der Waals surface area contributed by atoms with Crippen LogP contribution in [0.15, 0.2) is 24.5 Å². The van der Waals surface area contributed by atoms with Gasteiger partial charge in [-0.15, -0.1) is 0 Å². The van der Waals surface area contributed by atoms with Crippen molar-refractivity contribution in [2.45, 2.75) is 26.7 Å². The first kappa shape index (κ1) is 12.8. The second-order valence-corrected chi connectivity index (χ2v) is 4.66. The zero-order valence-corrected chi connectivity index (χ0v) is 11.4. The molecule has 2 aromatic heterocycles. The minimum atomic E-state index is 0.464. The molecule has 4 nitrogen and oxygen atoms in total. The van der Waals surface area contributed by atoms with Crippen LogP contribution in [-0.4, -0.2) is 28.4 Å². The molecule has 2 heterocycles. The summed E-state index contributed by atoms with van der Waals surface area (Å²) in [5, 5.41) is 7.87. The number of aromatic nitrogens is 3. The summed E-state index contributed by atoms with van der Waals surface area (Å²) in [6, 6.07) is 3.96. The number of likely N-dealkylation sites (N-methyl/N-ethyl adjacent to an activating group) is 1. The number of hydrogen-bond donors (Lipinski definition) is 1. The molecule has 0 aliphatic heterocycles. The molecule has 0 aromatic carbocycles. The molecule has 0 bridgehead atoms. The number of pyridine rings is 1. The van der Waals surface area contributed by atoms with Gasteiger partial charge in [0, 0.05) is 30.2 Å². The average molecular weight is 244 g/mol. The first-order valence-electron chi connectivity index (χ1n) is 6.26. The largest absolute Gasteiger partial charge is 0.319 e. The summed E-state index contributed by atoms with van der Waals surface area (Å²) < 4.78 is 2.00. The van der Waals surface area contributed by atoms with Gasteiger partial charge >= 0.3 is 0 Å². The van der Waals surface area contributed by atoms with Gasteiger partial charge in [-0.2, -0.15) is 5.10 Å². The van der Waals surface area contributed by atoms with Crippen molar-refractivity contribution in [2.75, 3.05) is 13.6 Å². The van der Waals surface area contributed by atoms with E-state index in [-0.39, 0.29) is 0 Å². The molecule has 4 heteroatoms. The Kier molecular flexibility index (Phi) is 3.77. The van der Waals surface area contributed by atoms with Crippen LogP contribution < -0.4 is 5.32 Å². The number of hydrogen-bond acceptors (Lipinski definition) is 3. The summed E-state index contributed by atoms with van der Waals surface area (Å²) in [7, 11) is 1.98. The molecule has 0 aliphatic carbocycles. The van der Waals surface area contributed by atoms with Gasteiger partial charge in [0.05, 0.1) is 11.4 Å². The van der Waals surface area contributed by atoms with Crippen LogP contribution in [-0.2, 0) is 0 Å². The van der Waals surface area contributed by atoms with Crippen molar-refractivity contribution >= 4 is 0 Å². The summed E-state index contributed by atoms with van der Waals surface area (Å²) in [6.07, 6.45) is 3.59. The third-order valence-electron chi connectivity index (χ3n) is 3.26. The molecule has 2 aromatic rings. The highest BCUT2D eigenvalue weighted by atomic mass is 15.3. The maximum Gasteiger partial charge on any atom is 0.0679 e. The molecule has 0 spiro atoms. The zero-order chi connectivity index (χ0) is 13.1. The molecule has 2 rings (SSSR count). The fourth-order valence-corrected chi connectivity index (χ4v) is 2.51. The second kappa shape index (κ2) is 5.31. The lowest BCUT2D eigenvalue weighted by atomic mass is 9.99. The lowest BCUT2D eigenvalue weighted by Crippen LogP contribution is -2.15. The van der Waals surface area contributed by atoms with Gasteiger partial charge in [0.1, 0.15) is 0 Å². The first-order chi connectivity index (χ1) is 8.65. The predicted octanol–water partition coefficient (Wildman–Crippen LogP) is 2.21. The molecule has 0 amide bonds. The summed E-state index contributed by atoms with van der Waals surface area (Å²) in [5.74, 6) is 0.464. The third kappa shape index (κ3) is 2.29. The predicted molar refractivity (Wildman–Crippen MR) is 73.2 cm³/mol. The van der Waals surface area contributed by atoms with Crippen LogP contribution in [0.5, 0.6) is 0 Å². The Hall–Kier alpha value is -1.68. The highest BCUT2D eigenvalue weighted by molar-refractivity contribution is 5.37. The van der Waals surface area contributed by atoms with E-state index in [1.54, 1.807) is 12.4 Å². The van der Waals surface area contributed by atoms with Gasteiger partial charge in [0.25, 0.3) is 0 Å². The highest BCUT2D eigenvalue weighted by Crippen LogP contribution is 2.24. The topological polar surface area (TPSA) is 42.7 Å². The monoisotopic (exact) mass is 244 g/mol. The number of aryl methyl sites for hydroxylation is 1. The van der Waals surface area contributed by atoms with Crippen molar-refractivity contribution in [1.29, 1.82) is 0 Å². The Balaban J connectivity index is 2.44. The molecule has 0 radical (unpaired) electrons. The first-order valence-corrected chi connectivity index (χ1v) is 6.26. The van der Waals surface area contributed by atoms with E-state index in [2.05, 4.69) is 36.2 Å². The molecule has 0 saturated heterocycles. The van der Waals surface area contributed by atoms with E-state index < -0.39 is 0 Å². The molecular formula is C14H20N4. The smallest absolute Gasteiger partial charge is 0.0679 e. The molecule has 0 saturated carbocycles. The van der Waals surface area contributed by atoms with E-state index in [9.17, 15) is 0 Å². The van der Waals surface area contributed by atoms with Gasteiger partial charge in [-0.1, -0.05) is 6.92 Å². The van der Waals surface area contributed by atoms with Crippen molar-refractivity contribution in [3.05, 3.63) is 41.5 Å². The zero-order valence-electron chi connectivity index (χ0n) is 11.4. The van der Waals surface area contributed by atoms with Crippen LogP contribution in [0.2, 0.25) is 0 Å². The Morgan fingerprint density at radius 2 is 1.94 bits per heavy atom. The fourth-order valence-electron chi connectivity index (χ4n) is 2.51. The highest BCUT2D eigenvalue weighted by Gasteiger charge is 2.17. The summed E-state index contributed by atoms with van der Waals surface area (Å²) in [6.45, 7) is 7.39. The van der Waals surface area contributed by atoms with E-state index in [0.29, 0.717) is 5.92 Å². The van der Waals surface area contributed by atoms with Crippen LogP contribution in [0.4, 0.5) is 0 Å². The van der Waals surface area contributed by atoms with Crippen molar-refractivity contribution in [3.8, 4) is 5.69 Å². The Morgan fingerprint density at radius 3 is 2.56 bits per heavy atom. The molecule has 18 heavy (non-hydrogen) atoms. The van der Waals surface area contributed by atoms with Crippen molar-refractivity contribution in [2.24, 2.45) is 0 Å². The molecule has 0 aliphatic rings. The van der Waals surface area contributed by atoms with Crippen LogP contribution >= 0.6 is 0 Å². The van der Waals surface area contributed by atoms with Crippen molar-refractivity contribution in [1.82, 2.24) is 20.1 Å². The molecule has 1 N–H and O–H groups in total. The summed E-state index contributed by atoms with van der Waals surface area (Å²) in [4.78, 5) is 4.04. The average Bonchev–Trinajstić information content (AvgIpc) is 2.66. The van der Waals surface area contributed by atoms with E-state index in [1.807, 2.05) is 23.9 Å². The number of nitrogens with zero attached hydrogens (tertiary/aromatic N) is 3. The van der Waals surface area contributed by atoms with Gasteiger partial charge < -0.3 is 5.32 Å². The van der Waals surface area contributed by atoms with E-state index in [4.69, 9.17) is 0 Å². The molecule has 1 atom stereocenters. The lowest BCUT2D eigenvalue weighted by molar-refractivity contribution is 0.670. The Labute approximate surface area is 108 Å². The Bertz CT molecular complexity index is 516. The summed E-state index contributed by atoms with van der Waals surface area (Å²) >= 11 is 0. The maximum absolute atomic E-state index is 4.64. The van der Waals surface area contributed by atoms with Gasteiger partial charge in [-0.25, -0.2) is 4.68 Å². The van der Waals surface area contributed by atoms with Gasteiger partial charge in [-0.3, -0.25) is 4.98 Å². The van der Waals surface area contributed by atoms with Crippen LogP contribution in [0.3, 0.4) is 0 Å². The van der Waals surface area contributed by atoms with Gasteiger partial charge in [0.15, 0.2) is 0 Å². The third-order valence-corrected chi connectivity index (χ3v) is 3.26. The minimum Gasteiger partial charge on any atom is -0.319 e. The SMILES string of the molecule is CNCC(C)c1c(C)nn(-c2ccncc2)c1C. The lowest BCUT2D eigenvalue weighted by Gasteiger charge is -2.12. The maximum atomic E-state index is 4.64. The van der Waals surface area contributed by atoms with Crippen LogP contribution in [0.25, 0.3) is 5.69 Å². The van der Waals surface area contributed by atoms with Crippen molar-refractivity contribution in [3.63, 3.8) is 0 Å². The molecular weight excluding hydrogens is 224 g/mol. The van der Waals surface area contributed by atoms with Crippen LogP contribution in [0.1, 0.15) is 29.8 Å². The molecule has 96 valence electrons. The number of nitrogens with one attached hydrogen (secondary N) is 1. The normalized spacial score (nSPS) is 12.7. The minimum absolute atomic E-state index is 0.464. The van der Waals surface area contributed by atoms with E-state index >= 15 is 0 Å². The fraction of sp³-hybridized carbons (Fsp3) is 0.429. The number of rotatable bonds is 4.